The second-order valence-electron chi connectivity index (χ2n) is 4.74. The summed E-state index contributed by atoms with van der Waals surface area (Å²) in [6.45, 7) is 7.02. The smallest absolute Gasteiger partial charge is 0.239 e. The van der Waals surface area contributed by atoms with Gasteiger partial charge in [0.15, 0.2) is 0 Å². The third kappa shape index (κ3) is 11.1. The van der Waals surface area contributed by atoms with Crippen LogP contribution in [-0.2, 0) is 14.3 Å². The molecule has 3 N–H and O–H groups in total. The molecular weight excluding hydrogens is 222 g/mol. The minimum atomic E-state index is -0.279. The Morgan fingerprint density at radius 3 is 2.29 bits per heavy atom. The molecule has 0 radical (unpaired) electrons. The van der Waals surface area contributed by atoms with Gasteiger partial charge >= 0.3 is 0 Å². The van der Waals surface area contributed by atoms with Crippen LogP contribution >= 0.6 is 0 Å². The first-order valence-corrected chi connectivity index (χ1v) is 5.62. The lowest BCUT2D eigenvalue weighted by molar-refractivity contribution is -0.126. The molecule has 0 atom stereocenters. The van der Waals surface area contributed by atoms with Crippen molar-refractivity contribution in [3.05, 3.63) is 0 Å². The quantitative estimate of drug-likeness (QED) is 0.516. The van der Waals surface area contributed by atoms with Gasteiger partial charge < -0.3 is 20.7 Å². The Hall–Kier alpha value is -1.14. The molecule has 0 aliphatic rings. The SMILES string of the molecule is COCCNCC(=O)NCC(=O)NC(C)(C)C. The van der Waals surface area contributed by atoms with Gasteiger partial charge in [0.05, 0.1) is 19.7 Å². The Bertz CT molecular complexity index is 249. The summed E-state index contributed by atoms with van der Waals surface area (Å²) in [6.07, 6.45) is 0. The van der Waals surface area contributed by atoms with Crippen LogP contribution < -0.4 is 16.0 Å². The van der Waals surface area contributed by atoms with Crippen molar-refractivity contribution in [2.75, 3.05) is 33.4 Å². The summed E-state index contributed by atoms with van der Waals surface area (Å²) in [5, 5.41) is 8.17. The standard InChI is InChI=1S/C11H23N3O3/c1-11(2,3)14-10(16)8-13-9(15)7-12-5-6-17-4/h12H,5-8H2,1-4H3,(H,13,15)(H,14,16). The van der Waals surface area contributed by atoms with Crippen LogP contribution in [0.3, 0.4) is 0 Å². The van der Waals surface area contributed by atoms with Gasteiger partial charge in [-0.25, -0.2) is 0 Å². The summed E-state index contributed by atoms with van der Waals surface area (Å²) in [7, 11) is 1.60. The van der Waals surface area contributed by atoms with E-state index in [9.17, 15) is 9.59 Å². The van der Waals surface area contributed by atoms with Gasteiger partial charge in [-0.3, -0.25) is 9.59 Å². The fourth-order valence-electron chi connectivity index (χ4n) is 1.08. The molecule has 0 heterocycles. The molecule has 0 aromatic rings. The van der Waals surface area contributed by atoms with Crippen LogP contribution in [0.25, 0.3) is 0 Å². The number of carbonyl (C=O) groups is 2. The monoisotopic (exact) mass is 245 g/mol. The molecular formula is C11H23N3O3. The first kappa shape index (κ1) is 15.9. The van der Waals surface area contributed by atoms with Gasteiger partial charge in [0.25, 0.3) is 0 Å². The summed E-state index contributed by atoms with van der Waals surface area (Å²) < 4.78 is 4.82. The number of ether oxygens (including phenoxy) is 1. The fourth-order valence-corrected chi connectivity index (χ4v) is 1.08. The van der Waals surface area contributed by atoms with Crippen molar-refractivity contribution in [3.63, 3.8) is 0 Å². The molecule has 0 spiro atoms. The third-order valence-corrected chi connectivity index (χ3v) is 1.73. The number of hydrogen-bond donors (Lipinski definition) is 3. The minimum Gasteiger partial charge on any atom is -0.383 e. The van der Waals surface area contributed by atoms with E-state index >= 15 is 0 Å². The maximum absolute atomic E-state index is 11.4. The topological polar surface area (TPSA) is 79.5 Å². The highest BCUT2D eigenvalue weighted by Gasteiger charge is 2.13. The van der Waals surface area contributed by atoms with E-state index in [1.54, 1.807) is 7.11 Å². The molecule has 0 aliphatic heterocycles. The predicted molar refractivity (Wildman–Crippen MR) is 65.7 cm³/mol. The second-order valence-corrected chi connectivity index (χ2v) is 4.74. The zero-order valence-corrected chi connectivity index (χ0v) is 11.1. The number of hydrogen-bond acceptors (Lipinski definition) is 4. The zero-order chi connectivity index (χ0) is 13.3. The van der Waals surface area contributed by atoms with E-state index in [4.69, 9.17) is 4.74 Å². The first-order chi connectivity index (χ1) is 7.85. The van der Waals surface area contributed by atoms with Crippen molar-refractivity contribution in [3.8, 4) is 0 Å². The zero-order valence-electron chi connectivity index (χ0n) is 11.1. The summed E-state index contributed by atoms with van der Waals surface area (Å²) in [5.41, 5.74) is -0.279. The predicted octanol–water partition coefficient (Wildman–Crippen LogP) is -0.747. The Morgan fingerprint density at radius 1 is 1.12 bits per heavy atom. The van der Waals surface area contributed by atoms with Gasteiger partial charge in [0, 0.05) is 19.2 Å². The second kappa shape index (κ2) is 8.03. The van der Waals surface area contributed by atoms with E-state index in [1.807, 2.05) is 20.8 Å². The molecule has 0 aliphatic carbocycles. The van der Waals surface area contributed by atoms with Crippen molar-refractivity contribution in [1.82, 2.24) is 16.0 Å². The first-order valence-electron chi connectivity index (χ1n) is 5.62. The lowest BCUT2D eigenvalue weighted by Crippen LogP contribution is -2.47. The number of amides is 2. The van der Waals surface area contributed by atoms with Gasteiger partial charge in [0.1, 0.15) is 0 Å². The molecule has 0 aromatic heterocycles. The molecule has 17 heavy (non-hydrogen) atoms. The van der Waals surface area contributed by atoms with Gasteiger partial charge in [-0.15, -0.1) is 0 Å². The van der Waals surface area contributed by atoms with E-state index in [-0.39, 0.29) is 30.4 Å². The van der Waals surface area contributed by atoms with E-state index in [2.05, 4.69) is 16.0 Å². The number of carbonyl (C=O) groups excluding carboxylic acids is 2. The summed E-state index contributed by atoms with van der Waals surface area (Å²) in [4.78, 5) is 22.7. The molecule has 0 saturated heterocycles. The molecule has 0 saturated carbocycles. The number of rotatable bonds is 7. The van der Waals surface area contributed by atoms with E-state index in [0.29, 0.717) is 13.2 Å². The molecule has 0 unspecified atom stereocenters. The maximum Gasteiger partial charge on any atom is 0.239 e. The molecule has 0 aromatic carbocycles. The van der Waals surface area contributed by atoms with Crippen LogP contribution in [0.5, 0.6) is 0 Å². The Balaban J connectivity index is 3.59. The van der Waals surface area contributed by atoms with Crippen LogP contribution in [-0.4, -0.2) is 50.7 Å². The average molecular weight is 245 g/mol. The highest BCUT2D eigenvalue weighted by atomic mass is 16.5. The van der Waals surface area contributed by atoms with Crippen molar-refractivity contribution in [2.24, 2.45) is 0 Å². The van der Waals surface area contributed by atoms with Crippen molar-refractivity contribution in [1.29, 1.82) is 0 Å². The number of methoxy groups -OCH3 is 1. The Kier molecular flexibility index (Phi) is 7.49. The van der Waals surface area contributed by atoms with Crippen LogP contribution in [0, 0.1) is 0 Å². The number of nitrogens with one attached hydrogen (secondary N) is 3. The molecule has 100 valence electrons. The van der Waals surface area contributed by atoms with Crippen molar-refractivity contribution >= 4 is 11.8 Å². The van der Waals surface area contributed by atoms with Gasteiger partial charge in [-0.05, 0) is 20.8 Å². The molecule has 2 amide bonds. The average Bonchev–Trinajstić information content (AvgIpc) is 2.19. The van der Waals surface area contributed by atoms with E-state index < -0.39 is 0 Å². The summed E-state index contributed by atoms with van der Waals surface area (Å²) in [5.74, 6) is -0.395. The van der Waals surface area contributed by atoms with Crippen molar-refractivity contribution in [2.45, 2.75) is 26.3 Å². The fraction of sp³-hybridized carbons (Fsp3) is 0.818. The Morgan fingerprint density at radius 2 is 1.76 bits per heavy atom. The van der Waals surface area contributed by atoms with Crippen LogP contribution in [0.2, 0.25) is 0 Å². The van der Waals surface area contributed by atoms with E-state index in [1.165, 1.54) is 0 Å². The molecule has 0 fully saturated rings. The van der Waals surface area contributed by atoms with Crippen molar-refractivity contribution < 1.29 is 14.3 Å². The highest BCUT2D eigenvalue weighted by Crippen LogP contribution is 1.96. The minimum absolute atomic E-state index is 0.00204. The van der Waals surface area contributed by atoms with Crippen LogP contribution in [0.15, 0.2) is 0 Å². The van der Waals surface area contributed by atoms with Gasteiger partial charge in [-0.2, -0.15) is 0 Å². The lowest BCUT2D eigenvalue weighted by Gasteiger charge is -2.20. The molecule has 6 heteroatoms. The van der Waals surface area contributed by atoms with Gasteiger partial charge in [0.2, 0.25) is 11.8 Å². The lowest BCUT2D eigenvalue weighted by atomic mass is 10.1. The molecule has 0 rings (SSSR count). The van der Waals surface area contributed by atoms with E-state index in [0.717, 1.165) is 0 Å². The molecule has 6 nitrogen and oxygen atoms in total. The highest BCUT2D eigenvalue weighted by molar-refractivity contribution is 5.85. The summed E-state index contributed by atoms with van der Waals surface area (Å²) in [6, 6.07) is 0. The summed E-state index contributed by atoms with van der Waals surface area (Å²) >= 11 is 0. The largest absolute Gasteiger partial charge is 0.383 e. The van der Waals surface area contributed by atoms with Gasteiger partial charge in [-0.1, -0.05) is 0 Å². The maximum atomic E-state index is 11.4. The normalized spacial score (nSPS) is 11.1. The van der Waals surface area contributed by atoms with Crippen LogP contribution in [0.1, 0.15) is 20.8 Å². The third-order valence-electron chi connectivity index (χ3n) is 1.73. The van der Waals surface area contributed by atoms with Crippen LogP contribution in [0.4, 0.5) is 0 Å². The molecule has 0 bridgehead atoms. The Labute approximate surface area is 102 Å².